The number of hydrogen-bond donors (Lipinski definition) is 1. The summed E-state index contributed by atoms with van der Waals surface area (Å²) >= 11 is 0. The van der Waals surface area contributed by atoms with Crippen LogP contribution in [0.25, 0.3) is 0 Å². The number of morpholine rings is 1. The van der Waals surface area contributed by atoms with Crippen molar-refractivity contribution in [2.24, 2.45) is 5.73 Å². The van der Waals surface area contributed by atoms with Crippen LogP contribution in [0.15, 0.2) is 24.3 Å². The molecule has 19 heavy (non-hydrogen) atoms. The fourth-order valence-electron chi connectivity index (χ4n) is 2.04. The Kier molecular flexibility index (Phi) is 5.18. The lowest BCUT2D eigenvalue weighted by atomic mass is 10.2. The van der Waals surface area contributed by atoms with Crippen LogP contribution in [-0.2, 0) is 4.74 Å². The average Bonchev–Trinajstić information content (AvgIpc) is 2.45. The van der Waals surface area contributed by atoms with Gasteiger partial charge >= 0.3 is 0 Å². The Balaban J connectivity index is 1.70. The van der Waals surface area contributed by atoms with Gasteiger partial charge in [-0.3, -0.25) is 9.69 Å². The smallest absolute Gasteiger partial charge is 0.248 e. The van der Waals surface area contributed by atoms with Crippen molar-refractivity contribution in [2.75, 3.05) is 39.5 Å². The van der Waals surface area contributed by atoms with Crippen LogP contribution in [0, 0.1) is 0 Å². The highest BCUT2D eigenvalue weighted by molar-refractivity contribution is 5.93. The molecule has 5 nitrogen and oxygen atoms in total. The Labute approximate surface area is 113 Å². The summed E-state index contributed by atoms with van der Waals surface area (Å²) in [5.41, 5.74) is 5.70. The lowest BCUT2D eigenvalue weighted by Crippen LogP contribution is -2.37. The molecule has 2 rings (SSSR count). The van der Waals surface area contributed by atoms with Crippen LogP contribution in [0.3, 0.4) is 0 Å². The molecule has 1 aliphatic rings. The molecule has 0 saturated carbocycles. The first-order valence-corrected chi connectivity index (χ1v) is 6.58. The standard InChI is InChI=1S/C14H20N2O3/c15-14(17)12-3-1-4-13(11-12)19-8-2-5-16-6-9-18-10-7-16/h1,3-4,11H,2,5-10H2,(H2,15,17). The molecule has 104 valence electrons. The maximum absolute atomic E-state index is 11.0. The second-order valence-electron chi connectivity index (χ2n) is 4.55. The maximum Gasteiger partial charge on any atom is 0.248 e. The molecule has 1 aliphatic heterocycles. The van der Waals surface area contributed by atoms with Gasteiger partial charge in [0.1, 0.15) is 5.75 Å². The summed E-state index contributed by atoms with van der Waals surface area (Å²) in [6, 6.07) is 6.97. The van der Waals surface area contributed by atoms with E-state index in [0.717, 1.165) is 39.3 Å². The van der Waals surface area contributed by atoms with Gasteiger partial charge in [-0.2, -0.15) is 0 Å². The molecular weight excluding hydrogens is 244 g/mol. The number of nitrogens with two attached hydrogens (primary N) is 1. The predicted octanol–water partition coefficient (Wildman–Crippen LogP) is 0.887. The molecule has 1 saturated heterocycles. The maximum atomic E-state index is 11.0. The Hall–Kier alpha value is -1.59. The van der Waals surface area contributed by atoms with E-state index in [2.05, 4.69) is 4.90 Å². The van der Waals surface area contributed by atoms with Crippen LogP contribution in [0.1, 0.15) is 16.8 Å². The number of carbonyl (C=O) groups excluding carboxylic acids is 1. The predicted molar refractivity (Wildman–Crippen MR) is 72.3 cm³/mol. The lowest BCUT2D eigenvalue weighted by molar-refractivity contribution is 0.0358. The number of carbonyl (C=O) groups is 1. The molecule has 1 aromatic carbocycles. The van der Waals surface area contributed by atoms with Gasteiger partial charge in [0.2, 0.25) is 5.91 Å². The fourth-order valence-corrected chi connectivity index (χ4v) is 2.04. The summed E-state index contributed by atoms with van der Waals surface area (Å²) in [7, 11) is 0. The van der Waals surface area contributed by atoms with E-state index in [1.54, 1.807) is 18.2 Å². The van der Waals surface area contributed by atoms with E-state index in [0.29, 0.717) is 17.9 Å². The zero-order valence-electron chi connectivity index (χ0n) is 11.0. The van der Waals surface area contributed by atoms with Crippen molar-refractivity contribution < 1.29 is 14.3 Å². The highest BCUT2D eigenvalue weighted by atomic mass is 16.5. The molecule has 0 radical (unpaired) electrons. The van der Waals surface area contributed by atoms with Gasteiger partial charge in [0.25, 0.3) is 0 Å². The van der Waals surface area contributed by atoms with Crippen molar-refractivity contribution >= 4 is 5.91 Å². The number of amides is 1. The van der Waals surface area contributed by atoms with Crippen molar-refractivity contribution in [3.8, 4) is 5.75 Å². The summed E-state index contributed by atoms with van der Waals surface area (Å²) in [6.45, 7) is 5.29. The minimum atomic E-state index is -0.432. The quantitative estimate of drug-likeness (QED) is 0.775. The summed E-state index contributed by atoms with van der Waals surface area (Å²) < 4.78 is 10.9. The monoisotopic (exact) mass is 264 g/mol. The highest BCUT2D eigenvalue weighted by Crippen LogP contribution is 2.13. The molecule has 0 unspecified atom stereocenters. The summed E-state index contributed by atoms with van der Waals surface area (Å²) in [5.74, 6) is 0.261. The van der Waals surface area contributed by atoms with Gasteiger partial charge < -0.3 is 15.2 Å². The zero-order valence-corrected chi connectivity index (χ0v) is 11.0. The number of benzene rings is 1. The summed E-state index contributed by atoms with van der Waals surface area (Å²) in [5, 5.41) is 0. The van der Waals surface area contributed by atoms with E-state index in [1.165, 1.54) is 0 Å². The third-order valence-corrected chi connectivity index (χ3v) is 3.11. The van der Waals surface area contributed by atoms with Gasteiger partial charge in [-0.15, -0.1) is 0 Å². The zero-order chi connectivity index (χ0) is 13.5. The van der Waals surface area contributed by atoms with Crippen LogP contribution < -0.4 is 10.5 Å². The van der Waals surface area contributed by atoms with E-state index in [-0.39, 0.29) is 0 Å². The number of rotatable bonds is 6. The fraction of sp³-hybridized carbons (Fsp3) is 0.500. The normalized spacial score (nSPS) is 16.2. The number of hydrogen-bond acceptors (Lipinski definition) is 4. The summed E-state index contributed by atoms with van der Waals surface area (Å²) in [4.78, 5) is 13.4. The number of ether oxygens (including phenoxy) is 2. The van der Waals surface area contributed by atoms with Crippen LogP contribution in [0.2, 0.25) is 0 Å². The first-order chi connectivity index (χ1) is 9.25. The van der Waals surface area contributed by atoms with Crippen LogP contribution in [0.5, 0.6) is 5.75 Å². The lowest BCUT2D eigenvalue weighted by Gasteiger charge is -2.26. The first-order valence-electron chi connectivity index (χ1n) is 6.58. The summed E-state index contributed by atoms with van der Waals surface area (Å²) in [6.07, 6.45) is 0.959. The van der Waals surface area contributed by atoms with E-state index in [1.807, 2.05) is 6.07 Å². The molecular formula is C14H20N2O3. The molecule has 0 aliphatic carbocycles. The van der Waals surface area contributed by atoms with Gasteiger partial charge in [-0.25, -0.2) is 0 Å². The van der Waals surface area contributed by atoms with Crippen molar-refractivity contribution in [1.82, 2.24) is 4.90 Å². The molecule has 1 heterocycles. The minimum Gasteiger partial charge on any atom is -0.494 e. The average molecular weight is 264 g/mol. The van der Waals surface area contributed by atoms with Gasteiger partial charge in [0.15, 0.2) is 0 Å². The van der Waals surface area contributed by atoms with E-state index in [4.69, 9.17) is 15.2 Å². The molecule has 1 aromatic rings. The number of nitrogens with zero attached hydrogens (tertiary/aromatic N) is 1. The van der Waals surface area contributed by atoms with Gasteiger partial charge in [-0.05, 0) is 24.6 Å². The molecule has 0 bridgehead atoms. The van der Waals surface area contributed by atoms with E-state index < -0.39 is 5.91 Å². The van der Waals surface area contributed by atoms with Crippen LogP contribution in [0.4, 0.5) is 0 Å². The highest BCUT2D eigenvalue weighted by Gasteiger charge is 2.09. The van der Waals surface area contributed by atoms with Crippen LogP contribution >= 0.6 is 0 Å². The van der Waals surface area contributed by atoms with E-state index in [9.17, 15) is 4.79 Å². The SMILES string of the molecule is NC(=O)c1cccc(OCCCN2CCOCC2)c1. The second-order valence-corrected chi connectivity index (χ2v) is 4.55. The number of primary amides is 1. The van der Waals surface area contributed by atoms with Crippen molar-refractivity contribution in [3.63, 3.8) is 0 Å². The molecule has 0 atom stereocenters. The third kappa shape index (κ3) is 4.54. The van der Waals surface area contributed by atoms with E-state index >= 15 is 0 Å². The second kappa shape index (κ2) is 7.11. The minimum absolute atomic E-state index is 0.432. The molecule has 0 spiro atoms. The Morgan fingerprint density at radius 2 is 2.16 bits per heavy atom. The largest absolute Gasteiger partial charge is 0.494 e. The molecule has 1 amide bonds. The van der Waals surface area contributed by atoms with Gasteiger partial charge in [-0.1, -0.05) is 6.07 Å². The molecule has 2 N–H and O–H groups in total. The van der Waals surface area contributed by atoms with Crippen molar-refractivity contribution in [1.29, 1.82) is 0 Å². The third-order valence-electron chi connectivity index (χ3n) is 3.11. The van der Waals surface area contributed by atoms with Gasteiger partial charge in [0, 0.05) is 25.2 Å². The Morgan fingerprint density at radius 3 is 2.89 bits per heavy atom. The Bertz CT molecular complexity index is 417. The topological polar surface area (TPSA) is 64.8 Å². The van der Waals surface area contributed by atoms with Gasteiger partial charge in [0.05, 0.1) is 19.8 Å². The first kappa shape index (κ1) is 13.8. The van der Waals surface area contributed by atoms with Crippen LogP contribution in [-0.4, -0.2) is 50.3 Å². The van der Waals surface area contributed by atoms with Crippen molar-refractivity contribution in [3.05, 3.63) is 29.8 Å². The molecule has 5 heteroatoms. The van der Waals surface area contributed by atoms with Crippen molar-refractivity contribution in [2.45, 2.75) is 6.42 Å². The molecule has 1 fully saturated rings. The Morgan fingerprint density at radius 1 is 1.37 bits per heavy atom. The molecule has 0 aromatic heterocycles.